The van der Waals surface area contributed by atoms with Crippen LogP contribution < -0.4 is 4.90 Å². The quantitative estimate of drug-likeness (QED) is 0.146. The summed E-state index contributed by atoms with van der Waals surface area (Å²) in [6, 6.07) is 70.7. The molecule has 1 aliphatic rings. The van der Waals surface area contributed by atoms with Crippen LogP contribution in [0.5, 0.6) is 0 Å². The van der Waals surface area contributed by atoms with Gasteiger partial charge in [0.15, 0.2) is 17.5 Å². The molecule has 0 spiro atoms. The molecule has 0 radical (unpaired) electrons. The Kier molecular flexibility index (Phi) is 9.83. The molecule has 300 valence electrons. The van der Waals surface area contributed by atoms with Gasteiger partial charge in [-0.3, -0.25) is 0 Å². The average Bonchev–Trinajstić information content (AvgIpc) is 3.70. The van der Waals surface area contributed by atoms with Gasteiger partial charge in [-0.15, -0.1) is 0 Å². The summed E-state index contributed by atoms with van der Waals surface area (Å²) < 4.78 is 2.40. The van der Waals surface area contributed by atoms with Crippen molar-refractivity contribution in [2.24, 2.45) is 0 Å². The van der Waals surface area contributed by atoms with Gasteiger partial charge in [0.2, 0.25) is 0 Å². The van der Waals surface area contributed by atoms with Gasteiger partial charge in [0.25, 0.3) is 0 Å². The lowest BCUT2D eigenvalue weighted by Gasteiger charge is -2.26. The molecule has 0 unspecified atom stereocenters. The SMILES string of the molecule is CN(c1ccccc1)c1cccc(-c2ccc(-n3c4ccccc4c4ccc(-c5cccc(-c6nc(-c7ccccc7)nc(-c7ccccc7)n6)c5)cc43)cc2)c1C1=CCCC=C1. The molecule has 1 aliphatic carbocycles. The van der Waals surface area contributed by atoms with Gasteiger partial charge in [0.05, 0.1) is 11.0 Å². The average molecular weight is 810 g/mol. The first-order valence-electron chi connectivity index (χ1n) is 21.6. The molecule has 2 heterocycles. The highest BCUT2D eigenvalue weighted by Gasteiger charge is 2.20. The maximum Gasteiger partial charge on any atom is 0.164 e. The largest absolute Gasteiger partial charge is 0.344 e. The van der Waals surface area contributed by atoms with Crippen LogP contribution in [0.1, 0.15) is 18.4 Å². The zero-order chi connectivity index (χ0) is 42.1. The van der Waals surface area contributed by atoms with E-state index < -0.39 is 0 Å². The van der Waals surface area contributed by atoms with Crippen molar-refractivity contribution >= 4 is 38.8 Å². The summed E-state index contributed by atoms with van der Waals surface area (Å²) >= 11 is 0. The van der Waals surface area contributed by atoms with Crippen LogP contribution in [0, 0.1) is 0 Å². The first kappa shape index (κ1) is 37.8. The van der Waals surface area contributed by atoms with E-state index in [1.807, 2.05) is 60.7 Å². The Balaban J connectivity index is 0.999. The van der Waals surface area contributed by atoms with E-state index in [9.17, 15) is 0 Å². The minimum absolute atomic E-state index is 0.635. The number of nitrogens with zero attached hydrogens (tertiary/aromatic N) is 5. The minimum Gasteiger partial charge on any atom is -0.344 e. The van der Waals surface area contributed by atoms with E-state index in [0.29, 0.717) is 17.5 Å². The Morgan fingerprint density at radius 3 is 1.71 bits per heavy atom. The standard InChI is InChI=1S/C58H43N5/c1-62(47-26-12-5-13-27-47)53-31-17-29-49(55(53)41-18-6-2-7-19-41)40-32-35-48(36-33-40)63-52-30-15-14-28-50(52)51-37-34-45(39-54(51)63)44-24-16-25-46(38-44)58-60-56(42-20-8-3-9-21-42)59-57(61-58)43-22-10-4-11-23-43/h3-6,8-39H,2,7H2,1H3. The summed E-state index contributed by atoms with van der Waals surface area (Å²) in [6.45, 7) is 0. The Morgan fingerprint density at radius 2 is 1.02 bits per heavy atom. The van der Waals surface area contributed by atoms with Gasteiger partial charge in [-0.05, 0) is 89.2 Å². The van der Waals surface area contributed by atoms with Crippen molar-refractivity contribution in [3.63, 3.8) is 0 Å². The van der Waals surface area contributed by atoms with Gasteiger partial charge < -0.3 is 9.47 Å². The fourth-order valence-electron chi connectivity index (χ4n) is 8.95. The van der Waals surface area contributed by atoms with Gasteiger partial charge in [-0.1, -0.05) is 170 Å². The lowest BCUT2D eigenvalue weighted by atomic mass is 9.89. The van der Waals surface area contributed by atoms with Gasteiger partial charge in [-0.25, -0.2) is 15.0 Å². The second-order valence-electron chi connectivity index (χ2n) is 16.0. The number of anilines is 2. The lowest BCUT2D eigenvalue weighted by molar-refractivity contribution is 1.04. The van der Waals surface area contributed by atoms with Crippen molar-refractivity contribution in [2.75, 3.05) is 11.9 Å². The number of para-hydroxylation sites is 2. The first-order chi connectivity index (χ1) is 31.2. The van der Waals surface area contributed by atoms with Gasteiger partial charge >= 0.3 is 0 Å². The Morgan fingerprint density at radius 1 is 0.444 bits per heavy atom. The highest BCUT2D eigenvalue weighted by molar-refractivity contribution is 6.10. The van der Waals surface area contributed by atoms with Crippen LogP contribution in [-0.2, 0) is 0 Å². The molecule has 5 nitrogen and oxygen atoms in total. The second kappa shape index (κ2) is 16.4. The Hall–Kier alpha value is -8.15. The molecule has 0 fully saturated rings. The van der Waals surface area contributed by atoms with Crippen molar-refractivity contribution in [3.8, 4) is 62.1 Å². The van der Waals surface area contributed by atoms with Gasteiger partial charge in [0.1, 0.15) is 0 Å². The van der Waals surface area contributed by atoms with E-state index in [1.54, 1.807) is 0 Å². The van der Waals surface area contributed by atoms with Crippen LogP contribution in [0.15, 0.2) is 218 Å². The summed E-state index contributed by atoms with van der Waals surface area (Å²) in [6.07, 6.45) is 9.08. The van der Waals surface area contributed by atoms with E-state index in [-0.39, 0.29) is 0 Å². The van der Waals surface area contributed by atoms with Crippen LogP contribution in [0.3, 0.4) is 0 Å². The van der Waals surface area contributed by atoms with Crippen molar-refractivity contribution < 1.29 is 0 Å². The summed E-state index contributed by atoms with van der Waals surface area (Å²) in [7, 11) is 2.16. The maximum absolute atomic E-state index is 5.02. The molecule has 0 amide bonds. The predicted molar refractivity (Wildman–Crippen MR) is 262 cm³/mol. The molecule has 8 aromatic carbocycles. The van der Waals surface area contributed by atoms with E-state index in [2.05, 4.69) is 174 Å². The Bertz CT molecular complexity index is 3270. The number of hydrogen-bond acceptors (Lipinski definition) is 4. The normalized spacial score (nSPS) is 12.4. The third-order valence-electron chi connectivity index (χ3n) is 12.1. The van der Waals surface area contributed by atoms with Crippen LogP contribution in [0.4, 0.5) is 11.4 Å². The highest BCUT2D eigenvalue weighted by atomic mass is 15.1. The zero-order valence-electron chi connectivity index (χ0n) is 34.9. The third kappa shape index (κ3) is 7.19. The monoisotopic (exact) mass is 809 g/mol. The zero-order valence-corrected chi connectivity index (χ0v) is 34.9. The molecule has 63 heavy (non-hydrogen) atoms. The number of hydrogen-bond donors (Lipinski definition) is 0. The number of benzene rings is 8. The molecule has 10 aromatic rings. The number of fused-ring (bicyclic) bond motifs is 3. The molecule has 0 aliphatic heterocycles. The van der Waals surface area contributed by atoms with E-state index in [1.165, 1.54) is 44.2 Å². The van der Waals surface area contributed by atoms with Crippen molar-refractivity contribution in [3.05, 3.63) is 224 Å². The summed E-state index contributed by atoms with van der Waals surface area (Å²) in [5, 5.41) is 2.43. The number of rotatable bonds is 9. The molecule has 0 saturated carbocycles. The molecule has 0 saturated heterocycles. The highest BCUT2D eigenvalue weighted by Crippen LogP contribution is 2.42. The summed E-state index contributed by atoms with van der Waals surface area (Å²) in [4.78, 5) is 17.3. The molecule has 0 atom stereocenters. The van der Waals surface area contributed by atoms with Gasteiger partial charge in [-0.2, -0.15) is 0 Å². The topological polar surface area (TPSA) is 46.8 Å². The second-order valence-corrected chi connectivity index (χ2v) is 16.0. The molecule has 0 bridgehead atoms. The van der Waals surface area contributed by atoms with Crippen molar-refractivity contribution in [2.45, 2.75) is 12.8 Å². The molecule has 11 rings (SSSR count). The summed E-state index contributed by atoms with van der Waals surface area (Å²) in [5.41, 5.74) is 15.7. The minimum atomic E-state index is 0.635. The fraction of sp³-hybridized carbons (Fsp3) is 0.0517. The van der Waals surface area contributed by atoms with Crippen LogP contribution in [0.2, 0.25) is 0 Å². The maximum atomic E-state index is 5.02. The molecule has 0 N–H and O–H groups in total. The summed E-state index contributed by atoms with van der Waals surface area (Å²) in [5.74, 6) is 1.93. The molecule has 2 aromatic heterocycles. The molecule has 5 heteroatoms. The molecular formula is C58H43N5. The number of aromatic nitrogens is 4. The smallest absolute Gasteiger partial charge is 0.164 e. The van der Waals surface area contributed by atoms with Crippen molar-refractivity contribution in [1.29, 1.82) is 0 Å². The molecular weight excluding hydrogens is 767 g/mol. The lowest BCUT2D eigenvalue weighted by Crippen LogP contribution is -2.12. The third-order valence-corrected chi connectivity index (χ3v) is 12.1. The predicted octanol–water partition coefficient (Wildman–Crippen LogP) is 14.8. The van der Waals surface area contributed by atoms with E-state index in [4.69, 9.17) is 15.0 Å². The van der Waals surface area contributed by atoms with E-state index in [0.717, 1.165) is 57.6 Å². The van der Waals surface area contributed by atoms with Crippen LogP contribution in [-0.4, -0.2) is 26.6 Å². The Labute approximate surface area is 367 Å². The van der Waals surface area contributed by atoms with Crippen molar-refractivity contribution in [1.82, 2.24) is 19.5 Å². The van der Waals surface area contributed by atoms with Gasteiger partial charge in [0, 0.05) is 57.1 Å². The number of allylic oxidation sites excluding steroid dienone is 4. The van der Waals surface area contributed by atoms with E-state index >= 15 is 0 Å². The van der Waals surface area contributed by atoms with Crippen LogP contribution >= 0.6 is 0 Å². The first-order valence-corrected chi connectivity index (χ1v) is 21.6. The van der Waals surface area contributed by atoms with Crippen LogP contribution in [0.25, 0.3) is 89.5 Å². The fourth-order valence-corrected chi connectivity index (χ4v) is 8.95.